The van der Waals surface area contributed by atoms with Crippen LogP contribution in [0.4, 0.5) is 5.95 Å². The van der Waals surface area contributed by atoms with Gasteiger partial charge in [0.05, 0.1) is 0 Å². The molecule has 2 N–H and O–H groups in total. The van der Waals surface area contributed by atoms with E-state index in [-0.39, 0.29) is 0 Å². The predicted octanol–water partition coefficient (Wildman–Crippen LogP) is 1.89. The number of aryl methyl sites for hydroxylation is 1. The number of nitrogens with zero attached hydrogens (tertiary/aromatic N) is 2. The molecule has 1 aromatic heterocycles. The third-order valence-corrected chi connectivity index (χ3v) is 2.32. The minimum Gasteiger partial charge on any atom is -0.368 e. The van der Waals surface area contributed by atoms with Gasteiger partial charge in [-0.3, -0.25) is 0 Å². The number of nitrogen functional groups attached to an aromatic ring is 1. The summed E-state index contributed by atoms with van der Waals surface area (Å²) >= 11 is 0. The summed E-state index contributed by atoms with van der Waals surface area (Å²) in [6, 6.07) is 2.11. The Morgan fingerprint density at radius 2 is 2.23 bits per heavy atom. The molecule has 0 amide bonds. The van der Waals surface area contributed by atoms with E-state index in [0.717, 1.165) is 24.2 Å². The second-order valence-corrected chi connectivity index (χ2v) is 3.67. The van der Waals surface area contributed by atoms with Crippen LogP contribution in [0.25, 0.3) is 0 Å². The first-order chi connectivity index (χ1) is 6.29. The average molecular weight is 177 g/mol. The smallest absolute Gasteiger partial charge is 0.220 e. The lowest BCUT2D eigenvalue weighted by Crippen LogP contribution is -2.02. The van der Waals surface area contributed by atoms with E-state index in [1.54, 1.807) is 0 Å². The number of nitrogens with two attached hydrogens (primary N) is 1. The van der Waals surface area contributed by atoms with Gasteiger partial charge in [0.2, 0.25) is 5.95 Å². The molecule has 1 saturated carbocycles. The quantitative estimate of drug-likeness (QED) is 0.767. The van der Waals surface area contributed by atoms with Crippen molar-refractivity contribution in [2.24, 2.45) is 0 Å². The zero-order valence-electron chi connectivity index (χ0n) is 7.95. The standard InChI is InChI=1S/C10H15N3/c1-2-3-8-6-9(7-4-5-7)13-10(11)12-8/h6-7H,2-5H2,1H3,(H2,11,12,13). The molecule has 0 aliphatic heterocycles. The fraction of sp³-hybridized carbons (Fsp3) is 0.600. The lowest BCUT2D eigenvalue weighted by molar-refractivity contribution is 0.859. The van der Waals surface area contributed by atoms with Crippen molar-refractivity contribution in [3.63, 3.8) is 0 Å². The van der Waals surface area contributed by atoms with Crippen LogP contribution in [0.5, 0.6) is 0 Å². The van der Waals surface area contributed by atoms with Crippen LogP contribution < -0.4 is 5.73 Å². The summed E-state index contributed by atoms with van der Waals surface area (Å²) in [6.45, 7) is 2.15. The molecule has 3 heteroatoms. The molecule has 3 nitrogen and oxygen atoms in total. The second-order valence-electron chi connectivity index (χ2n) is 3.67. The highest BCUT2D eigenvalue weighted by Crippen LogP contribution is 2.39. The first kappa shape index (κ1) is 8.48. The zero-order chi connectivity index (χ0) is 9.26. The molecule has 0 spiro atoms. The van der Waals surface area contributed by atoms with E-state index < -0.39 is 0 Å². The number of hydrogen-bond acceptors (Lipinski definition) is 3. The summed E-state index contributed by atoms with van der Waals surface area (Å²) in [5.74, 6) is 1.11. The van der Waals surface area contributed by atoms with Gasteiger partial charge in [-0.15, -0.1) is 0 Å². The van der Waals surface area contributed by atoms with Crippen LogP contribution in [-0.2, 0) is 6.42 Å². The van der Waals surface area contributed by atoms with Gasteiger partial charge in [0, 0.05) is 17.3 Å². The maximum atomic E-state index is 5.63. The number of aromatic nitrogens is 2. The van der Waals surface area contributed by atoms with Crippen molar-refractivity contribution in [3.05, 3.63) is 17.5 Å². The molecule has 1 aromatic rings. The van der Waals surface area contributed by atoms with Crippen molar-refractivity contribution in [1.29, 1.82) is 0 Å². The molecule has 0 atom stereocenters. The van der Waals surface area contributed by atoms with E-state index in [4.69, 9.17) is 5.73 Å². The molecule has 0 aromatic carbocycles. The molecule has 1 fully saturated rings. The monoisotopic (exact) mass is 177 g/mol. The van der Waals surface area contributed by atoms with Gasteiger partial charge in [-0.2, -0.15) is 0 Å². The first-order valence-corrected chi connectivity index (χ1v) is 4.93. The Hall–Kier alpha value is -1.12. The third-order valence-electron chi connectivity index (χ3n) is 2.32. The lowest BCUT2D eigenvalue weighted by atomic mass is 10.2. The molecule has 2 rings (SSSR count). The predicted molar refractivity (Wildman–Crippen MR) is 52.4 cm³/mol. The first-order valence-electron chi connectivity index (χ1n) is 4.93. The maximum Gasteiger partial charge on any atom is 0.220 e. The highest BCUT2D eigenvalue weighted by Gasteiger charge is 2.25. The molecule has 1 aliphatic rings. The Kier molecular flexibility index (Phi) is 2.17. The molecule has 1 heterocycles. The Balaban J connectivity index is 2.25. The van der Waals surface area contributed by atoms with Crippen LogP contribution >= 0.6 is 0 Å². The molecule has 13 heavy (non-hydrogen) atoms. The Labute approximate surface area is 78.4 Å². The van der Waals surface area contributed by atoms with E-state index in [0.29, 0.717) is 11.9 Å². The minimum atomic E-state index is 0.438. The van der Waals surface area contributed by atoms with Crippen LogP contribution in [0.2, 0.25) is 0 Å². The van der Waals surface area contributed by atoms with E-state index in [1.165, 1.54) is 12.8 Å². The third kappa shape index (κ3) is 1.97. The summed E-state index contributed by atoms with van der Waals surface area (Å²) in [5, 5.41) is 0. The average Bonchev–Trinajstić information content (AvgIpc) is 2.85. The van der Waals surface area contributed by atoms with Crippen molar-refractivity contribution >= 4 is 5.95 Å². The summed E-state index contributed by atoms with van der Waals surface area (Å²) in [7, 11) is 0. The number of hydrogen-bond donors (Lipinski definition) is 1. The van der Waals surface area contributed by atoms with E-state index >= 15 is 0 Å². The van der Waals surface area contributed by atoms with Gasteiger partial charge in [0.25, 0.3) is 0 Å². The van der Waals surface area contributed by atoms with Crippen molar-refractivity contribution in [1.82, 2.24) is 9.97 Å². The van der Waals surface area contributed by atoms with Crippen LogP contribution in [0.3, 0.4) is 0 Å². The minimum absolute atomic E-state index is 0.438. The normalized spacial score (nSPS) is 16.1. The lowest BCUT2D eigenvalue weighted by Gasteiger charge is -2.03. The topological polar surface area (TPSA) is 51.8 Å². The van der Waals surface area contributed by atoms with Gasteiger partial charge in [-0.25, -0.2) is 9.97 Å². The van der Waals surface area contributed by atoms with E-state index in [9.17, 15) is 0 Å². The van der Waals surface area contributed by atoms with Crippen molar-refractivity contribution in [3.8, 4) is 0 Å². The highest BCUT2D eigenvalue weighted by molar-refractivity contribution is 5.26. The van der Waals surface area contributed by atoms with Gasteiger partial charge < -0.3 is 5.73 Å². The highest BCUT2D eigenvalue weighted by atomic mass is 15.0. The molecule has 70 valence electrons. The van der Waals surface area contributed by atoms with Crippen LogP contribution in [0.15, 0.2) is 6.07 Å². The SMILES string of the molecule is CCCc1cc(C2CC2)nc(N)n1. The maximum absolute atomic E-state index is 5.63. The summed E-state index contributed by atoms with van der Waals surface area (Å²) in [4.78, 5) is 8.45. The number of rotatable bonds is 3. The molecule has 0 radical (unpaired) electrons. The summed E-state index contributed by atoms with van der Waals surface area (Å²) in [6.07, 6.45) is 4.65. The molecule has 0 saturated heterocycles. The fourth-order valence-electron chi connectivity index (χ4n) is 1.51. The van der Waals surface area contributed by atoms with Crippen molar-refractivity contribution in [2.45, 2.75) is 38.5 Å². The Morgan fingerprint density at radius 3 is 2.85 bits per heavy atom. The summed E-state index contributed by atoms with van der Waals surface area (Å²) in [5.41, 5.74) is 7.88. The van der Waals surface area contributed by atoms with Crippen molar-refractivity contribution < 1.29 is 0 Å². The van der Waals surface area contributed by atoms with Gasteiger partial charge in [-0.05, 0) is 25.3 Å². The Morgan fingerprint density at radius 1 is 1.46 bits per heavy atom. The van der Waals surface area contributed by atoms with Crippen LogP contribution in [0.1, 0.15) is 43.5 Å². The molecular formula is C10H15N3. The van der Waals surface area contributed by atoms with Crippen LogP contribution in [0, 0.1) is 0 Å². The van der Waals surface area contributed by atoms with Crippen LogP contribution in [-0.4, -0.2) is 9.97 Å². The number of anilines is 1. The van der Waals surface area contributed by atoms with Gasteiger partial charge in [0.1, 0.15) is 0 Å². The van der Waals surface area contributed by atoms with E-state index in [2.05, 4.69) is 23.0 Å². The molecule has 1 aliphatic carbocycles. The van der Waals surface area contributed by atoms with E-state index in [1.807, 2.05) is 0 Å². The largest absolute Gasteiger partial charge is 0.368 e. The van der Waals surface area contributed by atoms with Crippen molar-refractivity contribution in [2.75, 3.05) is 5.73 Å². The zero-order valence-corrected chi connectivity index (χ0v) is 7.95. The van der Waals surface area contributed by atoms with Gasteiger partial charge in [-0.1, -0.05) is 13.3 Å². The van der Waals surface area contributed by atoms with Gasteiger partial charge >= 0.3 is 0 Å². The summed E-state index contributed by atoms with van der Waals surface area (Å²) < 4.78 is 0. The fourth-order valence-corrected chi connectivity index (χ4v) is 1.51. The van der Waals surface area contributed by atoms with Gasteiger partial charge in [0.15, 0.2) is 0 Å². The molecule has 0 unspecified atom stereocenters. The molecule has 0 bridgehead atoms. The second kappa shape index (κ2) is 3.32. The molecular weight excluding hydrogens is 162 g/mol. The Bertz CT molecular complexity index is 305.